The molecule has 2 amide bonds. The molecule has 0 spiro atoms. The lowest BCUT2D eigenvalue weighted by atomic mass is 10.2. The topological polar surface area (TPSA) is 104 Å². The molecule has 2 aromatic heterocycles. The fourth-order valence-corrected chi connectivity index (χ4v) is 3.62. The number of nitrogens with zero attached hydrogens (tertiary/aromatic N) is 6. The lowest BCUT2D eigenvalue weighted by Crippen LogP contribution is -2.41. The van der Waals surface area contributed by atoms with Crippen LogP contribution in [-0.4, -0.2) is 72.6 Å². The van der Waals surface area contributed by atoms with Gasteiger partial charge in [0.2, 0.25) is 11.7 Å². The van der Waals surface area contributed by atoms with Gasteiger partial charge in [-0.2, -0.15) is 10.1 Å². The van der Waals surface area contributed by atoms with Crippen LogP contribution in [0.2, 0.25) is 0 Å². The van der Waals surface area contributed by atoms with Crippen molar-refractivity contribution in [1.82, 2.24) is 29.5 Å². The Hall–Kier alpha value is -2.49. The highest BCUT2D eigenvalue weighted by molar-refractivity contribution is 7.13. The maximum atomic E-state index is 12.6. The number of likely N-dealkylation sites (N-methyl/N-ethyl adjacent to an activating group) is 1. The lowest BCUT2D eigenvalue weighted by Gasteiger charge is -2.24. The fraction of sp³-hybridized carbons (Fsp3) is 0.533. The van der Waals surface area contributed by atoms with Crippen LogP contribution in [0, 0.1) is 6.92 Å². The van der Waals surface area contributed by atoms with Crippen LogP contribution >= 0.6 is 11.3 Å². The second-order valence-electron chi connectivity index (χ2n) is 5.91. The predicted molar refractivity (Wildman–Crippen MR) is 90.6 cm³/mol. The summed E-state index contributed by atoms with van der Waals surface area (Å²) in [5, 5.41) is 13.9. The summed E-state index contributed by atoms with van der Waals surface area (Å²) in [4.78, 5) is 37.0. The number of aromatic hydroxyl groups is 1. The highest BCUT2D eigenvalue weighted by Gasteiger charge is 2.34. The zero-order valence-electron chi connectivity index (χ0n) is 14.3. The van der Waals surface area contributed by atoms with Crippen molar-refractivity contribution in [2.45, 2.75) is 32.9 Å². The normalized spacial score (nSPS) is 17.1. The summed E-state index contributed by atoms with van der Waals surface area (Å²) in [7, 11) is 1.72. The molecule has 25 heavy (non-hydrogen) atoms. The Balaban J connectivity index is 1.67. The minimum absolute atomic E-state index is 0.0897. The number of carbonyl (C=O) groups is 2. The van der Waals surface area contributed by atoms with Crippen molar-refractivity contribution in [1.29, 1.82) is 0 Å². The van der Waals surface area contributed by atoms with Gasteiger partial charge in [0, 0.05) is 26.7 Å². The SMILES string of the molecule is CCn1ncnc1C(=O)N(C)C1CCN(C(=O)c2nc(O)c(C)s2)C1. The minimum Gasteiger partial charge on any atom is -0.492 e. The van der Waals surface area contributed by atoms with Crippen molar-refractivity contribution in [2.75, 3.05) is 20.1 Å². The number of likely N-dealkylation sites (tertiary alicyclic amines) is 1. The molecule has 1 atom stereocenters. The van der Waals surface area contributed by atoms with E-state index < -0.39 is 0 Å². The van der Waals surface area contributed by atoms with E-state index in [0.29, 0.717) is 36.8 Å². The summed E-state index contributed by atoms with van der Waals surface area (Å²) in [5.74, 6) is -0.222. The van der Waals surface area contributed by atoms with E-state index in [1.165, 1.54) is 17.7 Å². The number of aromatic nitrogens is 4. The van der Waals surface area contributed by atoms with Crippen LogP contribution in [0.3, 0.4) is 0 Å². The van der Waals surface area contributed by atoms with Crippen LogP contribution in [0.25, 0.3) is 0 Å². The Kier molecular flexibility index (Phi) is 4.71. The van der Waals surface area contributed by atoms with Gasteiger partial charge in [-0.1, -0.05) is 0 Å². The molecule has 1 aliphatic heterocycles. The molecule has 1 unspecified atom stereocenters. The first-order valence-electron chi connectivity index (χ1n) is 8.03. The van der Waals surface area contributed by atoms with E-state index in [9.17, 15) is 14.7 Å². The Morgan fingerprint density at radius 2 is 2.24 bits per heavy atom. The average molecular weight is 364 g/mol. The van der Waals surface area contributed by atoms with Gasteiger partial charge in [-0.05, 0) is 20.3 Å². The third kappa shape index (κ3) is 3.21. The lowest BCUT2D eigenvalue weighted by molar-refractivity contribution is 0.0687. The van der Waals surface area contributed by atoms with Gasteiger partial charge >= 0.3 is 0 Å². The number of carbonyl (C=O) groups excluding carboxylic acids is 2. The molecule has 9 nitrogen and oxygen atoms in total. The van der Waals surface area contributed by atoms with Gasteiger partial charge in [-0.25, -0.2) is 9.67 Å². The van der Waals surface area contributed by atoms with E-state index in [1.807, 2.05) is 6.92 Å². The van der Waals surface area contributed by atoms with Gasteiger partial charge in [0.25, 0.3) is 11.8 Å². The number of amides is 2. The first kappa shape index (κ1) is 17.3. The molecule has 0 aromatic carbocycles. The van der Waals surface area contributed by atoms with Gasteiger partial charge in [-0.15, -0.1) is 11.3 Å². The molecule has 2 aromatic rings. The van der Waals surface area contributed by atoms with Crippen molar-refractivity contribution < 1.29 is 14.7 Å². The minimum atomic E-state index is -0.214. The van der Waals surface area contributed by atoms with Gasteiger partial charge in [0.15, 0.2) is 5.01 Å². The summed E-state index contributed by atoms with van der Waals surface area (Å²) < 4.78 is 1.55. The molecule has 1 fully saturated rings. The van der Waals surface area contributed by atoms with Crippen LogP contribution in [0.15, 0.2) is 6.33 Å². The van der Waals surface area contributed by atoms with Crippen LogP contribution in [-0.2, 0) is 6.54 Å². The first-order chi connectivity index (χ1) is 11.9. The largest absolute Gasteiger partial charge is 0.492 e. The third-order valence-corrected chi connectivity index (χ3v) is 5.33. The molecule has 0 saturated carbocycles. The summed E-state index contributed by atoms with van der Waals surface area (Å²) in [6, 6.07) is -0.0897. The Bertz CT molecular complexity index is 782. The Morgan fingerprint density at radius 1 is 1.48 bits per heavy atom. The second-order valence-corrected chi connectivity index (χ2v) is 7.11. The molecule has 3 rings (SSSR count). The molecule has 10 heteroatoms. The van der Waals surface area contributed by atoms with Crippen LogP contribution < -0.4 is 0 Å². The van der Waals surface area contributed by atoms with E-state index in [4.69, 9.17) is 0 Å². The van der Waals surface area contributed by atoms with Crippen LogP contribution in [0.1, 0.15) is 38.6 Å². The number of thiazole rings is 1. The fourth-order valence-electron chi connectivity index (χ4n) is 2.84. The average Bonchev–Trinajstić information content (AvgIpc) is 3.33. The monoisotopic (exact) mass is 364 g/mol. The zero-order valence-corrected chi connectivity index (χ0v) is 15.2. The molecule has 134 valence electrons. The second kappa shape index (κ2) is 6.79. The maximum absolute atomic E-state index is 12.6. The summed E-state index contributed by atoms with van der Waals surface area (Å²) >= 11 is 1.17. The van der Waals surface area contributed by atoms with Crippen molar-refractivity contribution in [2.24, 2.45) is 0 Å². The van der Waals surface area contributed by atoms with E-state index in [-0.39, 0.29) is 28.7 Å². The smallest absolute Gasteiger partial charge is 0.291 e. The third-order valence-electron chi connectivity index (χ3n) is 4.38. The number of hydrogen-bond donors (Lipinski definition) is 1. The molecule has 0 radical (unpaired) electrons. The van der Waals surface area contributed by atoms with E-state index in [1.54, 1.807) is 28.5 Å². The van der Waals surface area contributed by atoms with Crippen molar-refractivity contribution in [3.05, 3.63) is 22.0 Å². The highest BCUT2D eigenvalue weighted by atomic mass is 32.1. The zero-order chi connectivity index (χ0) is 18.1. The number of hydrogen-bond acceptors (Lipinski definition) is 7. The standard InChI is InChI=1S/C15H20N6O3S/c1-4-21-11(16-8-17-21)14(23)19(3)10-5-6-20(7-10)15(24)13-18-12(22)9(2)25-13/h8,10,22H,4-7H2,1-3H3. The van der Waals surface area contributed by atoms with Crippen molar-refractivity contribution >= 4 is 23.2 Å². The summed E-state index contributed by atoms with van der Waals surface area (Å²) in [6.07, 6.45) is 2.05. The summed E-state index contributed by atoms with van der Waals surface area (Å²) in [5.41, 5.74) is 0. The van der Waals surface area contributed by atoms with Gasteiger partial charge < -0.3 is 14.9 Å². The van der Waals surface area contributed by atoms with Crippen molar-refractivity contribution in [3.63, 3.8) is 0 Å². The predicted octanol–water partition coefficient (Wildman–Crippen LogP) is 0.755. The van der Waals surface area contributed by atoms with Gasteiger partial charge in [0.05, 0.1) is 10.9 Å². The molecule has 3 heterocycles. The summed E-state index contributed by atoms with van der Waals surface area (Å²) in [6.45, 7) is 5.15. The van der Waals surface area contributed by atoms with Crippen molar-refractivity contribution in [3.8, 4) is 5.88 Å². The Labute approximate surface area is 148 Å². The van der Waals surface area contributed by atoms with Gasteiger partial charge in [0.1, 0.15) is 6.33 Å². The van der Waals surface area contributed by atoms with E-state index >= 15 is 0 Å². The molecular weight excluding hydrogens is 344 g/mol. The molecule has 0 bridgehead atoms. The highest BCUT2D eigenvalue weighted by Crippen LogP contribution is 2.25. The Morgan fingerprint density at radius 3 is 2.88 bits per heavy atom. The number of rotatable bonds is 4. The molecule has 1 aliphatic rings. The quantitative estimate of drug-likeness (QED) is 0.859. The maximum Gasteiger partial charge on any atom is 0.291 e. The molecule has 0 aliphatic carbocycles. The van der Waals surface area contributed by atoms with Crippen LogP contribution in [0.4, 0.5) is 0 Å². The van der Waals surface area contributed by atoms with E-state index in [0.717, 1.165) is 0 Å². The van der Waals surface area contributed by atoms with E-state index in [2.05, 4.69) is 15.1 Å². The van der Waals surface area contributed by atoms with Crippen LogP contribution in [0.5, 0.6) is 5.88 Å². The first-order valence-corrected chi connectivity index (χ1v) is 8.84. The van der Waals surface area contributed by atoms with Gasteiger partial charge in [-0.3, -0.25) is 9.59 Å². The molecular formula is C15H20N6O3S. The number of aryl methyl sites for hydroxylation is 2. The molecule has 1 saturated heterocycles. The molecule has 1 N–H and O–H groups in total.